The molecule has 0 fully saturated rings. The van der Waals surface area contributed by atoms with Crippen LogP contribution in [0.15, 0.2) is 90.3 Å². The fraction of sp³-hybridized carbons (Fsp3) is 0.0417. The van der Waals surface area contributed by atoms with Gasteiger partial charge in [-0.05, 0) is 28.3 Å². The number of nitriles is 1. The topological polar surface area (TPSA) is 45.0 Å². The van der Waals surface area contributed by atoms with Gasteiger partial charge in [0, 0.05) is 23.1 Å². The first kappa shape index (κ1) is 15.5. The fourth-order valence-corrected chi connectivity index (χ4v) is 3.67. The zero-order valence-electron chi connectivity index (χ0n) is 14.6. The Hall–Kier alpha value is -3.77. The number of hydrogen-bond acceptors (Lipinski definition) is 3. The van der Waals surface area contributed by atoms with Crippen molar-refractivity contribution in [2.45, 2.75) is 6.42 Å². The quantitative estimate of drug-likeness (QED) is 0.500. The minimum absolute atomic E-state index is 0.511. The van der Waals surface area contributed by atoms with Crippen LogP contribution >= 0.6 is 0 Å². The minimum atomic E-state index is 0.511. The molecule has 0 saturated heterocycles. The average Bonchev–Trinajstić information content (AvgIpc) is 2.73. The largest absolute Gasteiger partial charge is 0.440 e. The molecule has 0 radical (unpaired) electrons. The van der Waals surface area contributed by atoms with Gasteiger partial charge in [-0.3, -0.25) is 0 Å². The molecular formula is C24H16N2O. The first-order valence-corrected chi connectivity index (χ1v) is 8.90. The van der Waals surface area contributed by atoms with Gasteiger partial charge in [0.1, 0.15) is 11.8 Å². The molecule has 4 aromatic carbocycles. The van der Waals surface area contributed by atoms with Gasteiger partial charge < -0.3 is 10.1 Å². The molecule has 0 amide bonds. The lowest BCUT2D eigenvalue weighted by atomic mass is 9.96. The second kappa shape index (κ2) is 6.19. The highest BCUT2D eigenvalue weighted by atomic mass is 16.5. The molecule has 1 heterocycles. The van der Waals surface area contributed by atoms with Crippen molar-refractivity contribution in [2.75, 3.05) is 5.32 Å². The maximum Gasteiger partial charge on any atom is 0.212 e. The summed E-state index contributed by atoms with van der Waals surface area (Å²) < 4.78 is 6.14. The van der Waals surface area contributed by atoms with Crippen LogP contribution in [0.2, 0.25) is 0 Å². The van der Waals surface area contributed by atoms with Gasteiger partial charge in [-0.1, -0.05) is 66.7 Å². The Morgan fingerprint density at radius 3 is 2.30 bits per heavy atom. The molecule has 0 aromatic heterocycles. The van der Waals surface area contributed by atoms with E-state index in [1.54, 1.807) is 0 Å². The van der Waals surface area contributed by atoms with E-state index in [1.807, 2.05) is 42.5 Å². The Morgan fingerprint density at radius 1 is 0.778 bits per heavy atom. The number of allylic oxidation sites excluding steroid dienone is 1. The summed E-state index contributed by atoms with van der Waals surface area (Å²) in [5.74, 6) is 1.31. The van der Waals surface area contributed by atoms with E-state index >= 15 is 0 Å². The number of ether oxygens (including phenoxy) is 1. The van der Waals surface area contributed by atoms with Gasteiger partial charge in [0.15, 0.2) is 0 Å². The van der Waals surface area contributed by atoms with Crippen LogP contribution in [0.5, 0.6) is 5.75 Å². The van der Waals surface area contributed by atoms with Gasteiger partial charge >= 0.3 is 0 Å². The SMILES string of the molecule is N#CC1=C(Nc2cccc3ccccc23)Oc2ccc3ccccc3c2C1. The van der Waals surface area contributed by atoms with Crippen molar-refractivity contribution >= 4 is 27.2 Å². The van der Waals surface area contributed by atoms with E-state index in [-0.39, 0.29) is 0 Å². The second-order valence-electron chi connectivity index (χ2n) is 6.61. The van der Waals surface area contributed by atoms with Gasteiger partial charge in [-0.25, -0.2) is 0 Å². The van der Waals surface area contributed by atoms with Crippen molar-refractivity contribution < 1.29 is 4.74 Å². The van der Waals surface area contributed by atoms with Crippen molar-refractivity contribution in [3.63, 3.8) is 0 Å². The highest BCUT2D eigenvalue weighted by Gasteiger charge is 2.22. The van der Waals surface area contributed by atoms with E-state index in [9.17, 15) is 5.26 Å². The Morgan fingerprint density at radius 2 is 1.48 bits per heavy atom. The highest BCUT2D eigenvalue weighted by molar-refractivity contribution is 5.94. The lowest BCUT2D eigenvalue weighted by Gasteiger charge is -2.23. The third-order valence-corrected chi connectivity index (χ3v) is 5.01. The summed E-state index contributed by atoms with van der Waals surface area (Å²) in [5.41, 5.74) is 2.60. The molecule has 0 atom stereocenters. The summed E-state index contributed by atoms with van der Waals surface area (Å²) in [6, 6.07) is 28.8. The standard InChI is InChI=1S/C24H16N2O/c25-15-18-14-21-19-9-3-1-7-17(19)12-13-23(21)27-24(18)26-22-11-5-8-16-6-2-4-10-20(16)22/h1-13,26H,14H2. The van der Waals surface area contributed by atoms with Gasteiger partial charge in [-0.2, -0.15) is 5.26 Å². The predicted molar refractivity (Wildman–Crippen MR) is 108 cm³/mol. The molecule has 0 saturated carbocycles. The molecule has 1 aliphatic heterocycles. The van der Waals surface area contributed by atoms with Gasteiger partial charge in [0.25, 0.3) is 0 Å². The van der Waals surface area contributed by atoms with Crippen molar-refractivity contribution in [3.8, 4) is 11.8 Å². The summed E-state index contributed by atoms with van der Waals surface area (Å²) in [6.07, 6.45) is 0.556. The van der Waals surface area contributed by atoms with Gasteiger partial charge in [-0.15, -0.1) is 0 Å². The van der Waals surface area contributed by atoms with Gasteiger partial charge in [0.05, 0.1) is 5.57 Å². The lowest BCUT2D eigenvalue weighted by Crippen LogP contribution is -2.16. The van der Waals surface area contributed by atoms with E-state index in [0.717, 1.165) is 38.5 Å². The Kier molecular flexibility index (Phi) is 3.55. The fourth-order valence-electron chi connectivity index (χ4n) is 3.67. The molecule has 0 bridgehead atoms. The monoisotopic (exact) mass is 348 g/mol. The Labute approximate surface area is 157 Å². The van der Waals surface area contributed by atoms with Crippen molar-refractivity contribution in [1.29, 1.82) is 5.26 Å². The van der Waals surface area contributed by atoms with Crippen LogP contribution < -0.4 is 10.1 Å². The van der Waals surface area contributed by atoms with Crippen LogP contribution in [-0.4, -0.2) is 0 Å². The molecular weight excluding hydrogens is 332 g/mol. The molecule has 0 unspecified atom stereocenters. The van der Waals surface area contributed by atoms with Crippen LogP contribution in [0.3, 0.4) is 0 Å². The maximum atomic E-state index is 9.72. The van der Waals surface area contributed by atoms with Crippen LogP contribution in [0.4, 0.5) is 5.69 Å². The van der Waals surface area contributed by atoms with Crippen LogP contribution in [0.25, 0.3) is 21.5 Å². The number of anilines is 1. The molecule has 4 aromatic rings. The third kappa shape index (κ3) is 2.59. The average molecular weight is 348 g/mol. The molecule has 1 aliphatic rings. The normalized spacial score (nSPS) is 13.1. The zero-order valence-corrected chi connectivity index (χ0v) is 14.6. The number of hydrogen-bond donors (Lipinski definition) is 1. The van der Waals surface area contributed by atoms with E-state index in [0.29, 0.717) is 17.9 Å². The molecule has 128 valence electrons. The highest BCUT2D eigenvalue weighted by Crippen LogP contribution is 2.36. The molecule has 27 heavy (non-hydrogen) atoms. The molecule has 1 N–H and O–H groups in total. The summed E-state index contributed by atoms with van der Waals surface area (Å²) in [6.45, 7) is 0. The maximum absolute atomic E-state index is 9.72. The molecule has 0 spiro atoms. The summed E-state index contributed by atoms with van der Waals surface area (Å²) in [4.78, 5) is 0. The summed E-state index contributed by atoms with van der Waals surface area (Å²) in [5, 5.41) is 17.6. The Bertz CT molecular complexity index is 1260. The number of fused-ring (bicyclic) bond motifs is 4. The first-order valence-electron chi connectivity index (χ1n) is 8.90. The van der Waals surface area contributed by atoms with E-state index in [2.05, 4.69) is 47.8 Å². The third-order valence-electron chi connectivity index (χ3n) is 5.01. The van der Waals surface area contributed by atoms with Gasteiger partial charge in [0.2, 0.25) is 5.88 Å². The van der Waals surface area contributed by atoms with E-state index in [1.165, 1.54) is 0 Å². The van der Waals surface area contributed by atoms with E-state index < -0.39 is 0 Å². The van der Waals surface area contributed by atoms with E-state index in [4.69, 9.17) is 4.74 Å². The second-order valence-corrected chi connectivity index (χ2v) is 6.61. The molecule has 3 heteroatoms. The first-order chi connectivity index (χ1) is 13.3. The number of rotatable bonds is 2. The number of benzene rings is 4. The molecule has 0 aliphatic carbocycles. The zero-order chi connectivity index (χ0) is 18.2. The number of nitrogens with one attached hydrogen (secondary N) is 1. The Balaban J connectivity index is 1.59. The smallest absolute Gasteiger partial charge is 0.212 e. The van der Waals surface area contributed by atoms with Crippen LogP contribution in [0.1, 0.15) is 5.56 Å². The summed E-state index contributed by atoms with van der Waals surface area (Å²) in [7, 11) is 0. The van der Waals surface area contributed by atoms with Crippen molar-refractivity contribution in [1.82, 2.24) is 0 Å². The van der Waals surface area contributed by atoms with Crippen LogP contribution in [-0.2, 0) is 6.42 Å². The number of nitrogens with zero attached hydrogens (tertiary/aromatic N) is 1. The predicted octanol–water partition coefficient (Wildman–Crippen LogP) is 5.78. The lowest BCUT2D eigenvalue weighted by molar-refractivity contribution is 0.413. The molecule has 5 rings (SSSR count). The van der Waals surface area contributed by atoms with Crippen molar-refractivity contribution in [3.05, 3.63) is 95.9 Å². The van der Waals surface area contributed by atoms with Crippen molar-refractivity contribution in [2.24, 2.45) is 0 Å². The molecule has 3 nitrogen and oxygen atoms in total. The van der Waals surface area contributed by atoms with Crippen LogP contribution in [0, 0.1) is 11.3 Å². The summed E-state index contributed by atoms with van der Waals surface area (Å²) >= 11 is 0. The minimum Gasteiger partial charge on any atom is -0.440 e.